The van der Waals surface area contributed by atoms with E-state index in [1.165, 1.54) is 12.0 Å². The van der Waals surface area contributed by atoms with Gasteiger partial charge in [0.15, 0.2) is 0 Å². The summed E-state index contributed by atoms with van der Waals surface area (Å²) in [6.45, 7) is 7.15. The lowest BCUT2D eigenvalue weighted by atomic mass is 9.82. The van der Waals surface area contributed by atoms with Crippen LogP contribution in [0.15, 0.2) is 24.3 Å². The first-order chi connectivity index (χ1) is 9.58. The van der Waals surface area contributed by atoms with Gasteiger partial charge in [-0.15, -0.1) is 0 Å². The summed E-state index contributed by atoms with van der Waals surface area (Å²) in [6, 6.07) is 8.20. The SMILES string of the molecule is CCc1ccc(C(O)COC2CC(C)CC(C)C2)cc1. The second-order valence-corrected chi connectivity index (χ2v) is 6.48. The van der Waals surface area contributed by atoms with Crippen molar-refractivity contribution in [3.63, 3.8) is 0 Å². The van der Waals surface area contributed by atoms with Crippen LogP contribution in [0.1, 0.15) is 57.3 Å². The number of benzene rings is 1. The van der Waals surface area contributed by atoms with Gasteiger partial charge in [0.05, 0.1) is 12.7 Å². The van der Waals surface area contributed by atoms with Crippen LogP contribution in [0.4, 0.5) is 0 Å². The molecule has 0 heterocycles. The zero-order valence-corrected chi connectivity index (χ0v) is 13.0. The van der Waals surface area contributed by atoms with Gasteiger partial charge in [0, 0.05) is 0 Å². The number of aryl methyl sites for hydroxylation is 1. The van der Waals surface area contributed by atoms with E-state index in [0.717, 1.165) is 36.7 Å². The predicted molar refractivity (Wildman–Crippen MR) is 82.7 cm³/mol. The van der Waals surface area contributed by atoms with Crippen LogP contribution in [0, 0.1) is 11.8 Å². The van der Waals surface area contributed by atoms with Crippen LogP contribution in [-0.2, 0) is 11.2 Å². The van der Waals surface area contributed by atoms with Crippen LogP contribution in [-0.4, -0.2) is 17.8 Å². The van der Waals surface area contributed by atoms with Gasteiger partial charge in [0.1, 0.15) is 6.10 Å². The molecule has 0 saturated heterocycles. The van der Waals surface area contributed by atoms with Gasteiger partial charge in [-0.05, 0) is 48.6 Å². The smallest absolute Gasteiger partial charge is 0.102 e. The van der Waals surface area contributed by atoms with Gasteiger partial charge in [0.2, 0.25) is 0 Å². The Labute approximate surface area is 123 Å². The van der Waals surface area contributed by atoms with Crippen molar-refractivity contribution in [2.24, 2.45) is 11.8 Å². The number of hydrogen-bond acceptors (Lipinski definition) is 2. The van der Waals surface area contributed by atoms with E-state index in [0.29, 0.717) is 12.7 Å². The molecule has 0 aromatic heterocycles. The molecule has 1 saturated carbocycles. The number of rotatable bonds is 5. The van der Waals surface area contributed by atoms with Gasteiger partial charge in [0.25, 0.3) is 0 Å². The van der Waals surface area contributed by atoms with E-state index in [1.54, 1.807) is 0 Å². The summed E-state index contributed by atoms with van der Waals surface area (Å²) >= 11 is 0. The van der Waals surface area contributed by atoms with E-state index >= 15 is 0 Å². The van der Waals surface area contributed by atoms with Gasteiger partial charge >= 0.3 is 0 Å². The van der Waals surface area contributed by atoms with Crippen LogP contribution in [0.3, 0.4) is 0 Å². The van der Waals surface area contributed by atoms with Gasteiger partial charge in [-0.3, -0.25) is 0 Å². The third-order valence-corrected chi connectivity index (χ3v) is 4.40. The Kier molecular flexibility index (Phi) is 5.62. The average molecular weight is 276 g/mol. The summed E-state index contributed by atoms with van der Waals surface area (Å²) < 4.78 is 5.95. The summed E-state index contributed by atoms with van der Waals surface area (Å²) in [7, 11) is 0. The van der Waals surface area contributed by atoms with E-state index in [-0.39, 0.29) is 0 Å². The molecule has 2 rings (SSSR count). The maximum Gasteiger partial charge on any atom is 0.102 e. The van der Waals surface area contributed by atoms with Crippen molar-refractivity contribution in [2.75, 3.05) is 6.61 Å². The second-order valence-electron chi connectivity index (χ2n) is 6.48. The minimum absolute atomic E-state index is 0.318. The molecule has 2 heteroatoms. The van der Waals surface area contributed by atoms with Gasteiger partial charge in [-0.2, -0.15) is 0 Å². The lowest BCUT2D eigenvalue weighted by Crippen LogP contribution is -2.27. The van der Waals surface area contributed by atoms with E-state index in [9.17, 15) is 5.11 Å². The highest BCUT2D eigenvalue weighted by Gasteiger charge is 2.25. The molecule has 2 nitrogen and oxygen atoms in total. The molecule has 1 N–H and O–H groups in total. The first-order valence-electron chi connectivity index (χ1n) is 7.97. The van der Waals surface area contributed by atoms with Gasteiger partial charge in [-0.1, -0.05) is 45.0 Å². The highest BCUT2D eigenvalue weighted by atomic mass is 16.5. The topological polar surface area (TPSA) is 29.5 Å². The maximum atomic E-state index is 10.2. The van der Waals surface area contributed by atoms with Crippen molar-refractivity contribution in [2.45, 2.75) is 58.7 Å². The molecule has 0 bridgehead atoms. The van der Waals surface area contributed by atoms with Crippen molar-refractivity contribution in [1.82, 2.24) is 0 Å². The summed E-state index contributed by atoms with van der Waals surface area (Å²) in [5.41, 5.74) is 2.26. The minimum Gasteiger partial charge on any atom is -0.386 e. The molecule has 112 valence electrons. The monoisotopic (exact) mass is 276 g/mol. The molecule has 0 spiro atoms. The summed E-state index contributed by atoms with van der Waals surface area (Å²) in [6.07, 6.45) is 4.41. The number of aliphatic hydroxyl groups is 1. The Morgan fingerprint density at radius 1 is 1.10 bits per heavy atom. The third kappa shape index (κ3) is 4.32. The molecule has 0 aliphatic heterocycles. The number of hydrogen-bond donors (Lipinski definition) is 1. The normalized spacial score (nSPS) is 28.3. The average Bonchev–Trinajstić information content (AvgIpc) is 2.44. The molecule has 1 aromatic carbocycles. The fourth-order valence-corrected chi connectivity index (χ4v) is 3.31. The second kappa shape index (κ2) is 7.24. The molecule has 0 amide bonds. The standard InChI is InChI=1S/C18H28O2/c1-4-15-5-7-16(8-6-15)18(19)12-20-17-10-13(2)9-14(3)11-17/h5-8,13-14,17-19H,4,9-12H2,1-3H3. The fourth-order valence-electron chi connectivity index (χ4n) is 3.31. The third-order valence-electron chi connectivity index (χ3n) is 4.40. The fraction of sp³-hybridized carbons (Fsp3) is 0.667. The first-order valence-corrected chi connectivity index (χ1v) is 7.97. The molecule has 1 aromatic rings. The zero-order valence-electron chi connectivity index (χ0n) is 13.0. The van der Waals surface area contributed by atoms with E-state index < -0.39 is 6.10 Å². The van der Waals surface area contributed by atoms with Crippen molar-refractivity contribution < 1.29 is 9.84 Å². The molecular formula is C18H28O2. The number of ether oxygens (including phenoxy) is 1. The van der Waals surface area contributed by atoms with Crippen LogP contribution >= 0.6 is 0 Å². The van der Waals surface area contributed by atoms with Crippen LogP contribution in [0.2, 0.25) is 0 Å². The van der Waals surface area contributed by atoms with Crippen molar-refractivity contribution in [1.29, 1.82) is 0 Å². The molecule has 1 aliphatic carbocycles. The quantitative estimate of drug-likeness (QED) is 0.876. The Hall–Kier alpha value is -0.860. The summed E-state index contributed by atoms with van der Waals surface area (Å²) in [5, 5.41) is 10.2. The van der Waals surface area contributed by atoms with Crippen LogP contribution in [0.25, 0.3) is 0 Å². The molecule has 3 atom stereocenters. The first kappa shape index (κ1) is 15.5. The predicted octanol–water partition coefficient (Wildman–Crippen LogP) is 4.12. The minimum atomic E-state index is -0.506. The lowest BCUT2D eigenvalue weighted by molar-refractivity contribution is -0.0412. The van der Waals surface area contributed by atoms with E-state index in [4.69, 9.17) is 4.74 Å². The van der Waals surface area contributed by atoms with Gasteiger partial charge in [-0.25, -0.2) is 0 Å². The van der Waals surface area contributed by atoms with Crippen molar-refractivity contribution in [3.05, 3.63) is 35.4 Å². The molecule has 0 radical (unpaired) electrons. The maximum absolute atomic E-state index is 10.2. The number of aliphatic hydroxyl groups excluding tert-OH is 1. The Bertz CT molecular complexity index is 388. The van der Waals surface area contributed by atoms with Crippen molar-refractivity contribution in [3.8, 4) is 0 Å². The largest absolute Gasteiger partial charge is 0.386 e. The van der Waals surface area contributed by atoms with Crippen molar-refractivity contribution >= 4 is 0 Å². The molecule has 1 aliphatic rings. The molecule has 20 heavy (non-hydrogen) atoms. The highest BCUT2D eigenvalue weighted by Crippen LogP contribution is 2.30. The molecule has 3 unspecified atom stereocenters. The Morgan fingerprint density at radius 2 is 1.70 bits per heavy atom. The highest BCUT2D eigenvalue weighted by molar-refractivity contribution is 5.24. The molecular weight excluding hydrogens is 248 g/mol. The Morgan fingerprint density at radius 3 is 2.25 bits per heavy atom. The zero-order chi connectivity index (χ0) is 14.5. The Balaban J connectivity index is 1.83. The van der Waals surface area contributed by atoms with E-state index in [2.05, 4.69) is 32.9 Å². The lowest BCUT2D eigenvalue weighted by Gasteiger charge is -2.31. The van der Waals surface area contributed by atoms with Crippen LogP contribution in [0.5, 0.6) is 0 Å². The van der Waals surface area contributed by atoms with E-state index in [1.807, 2.05) is 12.1 Å². The summed E-state index contributed by atoms with van der Waals surface area (Å²) in [5.74, 6) is 1.48. The molecule has 1 fully saturated rings. The van der Waals surface area contributed by atoms with Crippen LogP contribution < -0.4 is 0 Å². The summed E-state index contributed by atoms with van der Waals surface area (Å²) in [4.78, 5) is 0. The van der Waals surface area contributed by atoms with Gasteiger partial charge < -0.3 is 9.84 Å².